The molecule has 0 saturated heterocycles. The van der Waals surface area contributed by atoms with Crippen molar-refractivity contribution in [2.75, 3.05) is 0 Å². The molecule has 4 rings (SSSR count). The molecule has 29 heavy (non-hydrogen) atoms. The van der Waals surface area contributed by atoms with Crippen LogP contribution in [0.1, 0.15) is 21.5 Å². The second kappa shape index (κ2) is 8.48. The third kappa shape index (κ3) is 4.22. The Labute approximate surface area is 169 Å². The number of fused-ring (bicyclic) bond motifs is 1. The largest absolute Gasteiger partial charge is 0.488 e. The predicted octanol–water partition coefficient (Wildman–Crippen LogP) is 5.70. The zero-order chi connectivity index (χ0) is 20.1. The van der Waals surface area contributed by atoms with Crippen molar-refractivity contribution in [1.82, 2.24) is 0 Å². The number of ether oxygens (including phenoxy) is 2. The summed E-state index contributed by atoms with van der Waals surface area (Å²) in [5.74, 6) is 0.147. The van der Waals surface area contributed by atoms with Gasteiger partial charge >= 0.3 is 5.97 Å². The minimum absolute atomic E-state index is 0.190. The highest BCUT2D eigenvalue weighted by Gasteiger charge is 2.16. The van der Waals surface area contributed by atoms with Crippen LogP contribution in [-0.4, -0.2) is 11.1 Å². The van der Waals surface area contributed by atoms with E-state index in [0.29, 0.717) is 35.5 Å². The summed E-state index contributed by atoms with van der Waals surface area (Å²) < 4.78 is 12.0. The van der Waals surface area contributed by atoms with Gasteiger partial charge < -0.3 is 14.6 Å². The molecule has 1 N–H and O–H groups in total. The number of carboxylic acids is 1. The van der Waals surface area contributed by atoms with Crippen LogP contribution in [-0.2, 0) is 13.2 Å². The lowest BCUT2D eigenvalue weighted by Gasteiger charge is -2.15. The van der Waals surface area contributed by atoms with Crippen molar-refractivity contribution >= 4 is 16.7 Å². The van der Waals surface area contributed by atoms with E-state index in [4.69, 9.17) is 9.47 Å². The molecule has 0 atom stereocenters. The van der Waals surface area contributed by atoms with Crippen molar-refractivity contribution < 1.29 is 19.4 Å². The summed E-state index contributed by atoms with van der Waals surface area (Å²) in [5, 5.41) is 11.0. The lowest BCUT2D eigenvalue weighted by atomic mass is 10.0. The first-order valence-corrected chi connectivity index (χ1v) is 9.35. The Morgan fingerprint density at radius 1 is 0.655 bits per heavy atom. The first-order chi connectivity index (χ1) is 14.2. The molecule has 4 aromatic carbocycles. The van der Waals surface area contributed by atoms with Gasteiger partial charge in [0.1, 0.15) is 24.7 Å². The van der Waals surface area contributed by atoms with Gasteiger partial charge in [0.15, 0.2) is 0 Å². The molecule has 4 aromatic rings. The molecule has 0 amide bonds. The Hall–Kier alpha value is -3.79. The Bertz CT molecular complexity index is 1120. The fourth-order valence-electron chi connectivity index (χ4n) is 3.24. The molecule has 4 heteroatoms. The molecular weight excluding hydrogens is 364 g/mol. The Kier molecular flexibility index (Phi) is 5.43. The van der Waals surface area contributed by atoms with E-state index in [9.17, 15) is 9.90 Å². The summed E-state index contributed by atoms with van der Waals surface area (Å²) in [5.41, 5.74) is 2.24. The number of hydrogen-bond acceptors (Lipinski definition) is 3. The third-order valence-corrected chi connectivity index (χ3v) is 4.67. The molecule has 0 heterocycles. The summed E-state index contributed by atoms with van der Waals surface area (Å²) in [4.78, 5) is 11.8. The highest BCUT2D eigenvalue weighted by molar-refractivity contribution is 6.08. The van der Waals surface area contributed by atoms with Crippen molar-refractivity contribution in [3.05, 3.63) is 108 Å². The normalized spacial score (nSPS) is 10.6. The average Bonchev–Trinajstić information content (AvgIpc) is 2.77. The fourth-order valence-corrected chi connectivity index (χ4v) is 3.24. The SMILES string of the molecule is O=C(O)c1ccc(OCc2ccccc2)c2cccc(OCc3ccccc3)c12. The van der Waals surface area contributed by atoms with E-state index in [1.807, 2.05) is 72.8 Å². The maximum Gasteiger partial charge on any atom is 0.336 e. The van der Waals surface area contributed by atoms with Gasteiger partial charge in [-0.3, -0.25) is 0 Å². The zero-order valence-corrected chi connectivity index (χ0v) is 15.7. The molecule has 0 aliphatic rings. The van der Waals surface area contributed by atoms with Crippen molar-refractivity contribution in [2.45, 2.75) is 13.2 Å². The molecule has 0 aliphatic carbocycles. The van der Waals surface area contributed by atoms with E-state index in [2.05, 4.69) is 0 Å². The summed E-state index contributed by atoms with van der Waals surface area (Å²) in [6.07, 6.45) is 0. The van der Waals surface area contributed by atoms with Crippen LogP contribution >= 0.6 is 0 Å². The quantitative estimate of drug-likeness (QED) is 0.444. The summed E-state index contributed by atoms with van der Waals surface area (Å²) in [6.45, 7) is 0.756. The van der Waals surface area contributed by atoms with E-state index in [1.165, 1.54) is 0 Å². The maximum absolute atomic E-state index is 11.8. The van der Waals surface area contributed by atoms with Crippen LogP contribution in [0.25, 0.3) is 10.8 Å². The van der Waals surface area contributed by atoms with Crippen LogP contribution in [0.4, 0.5) is 0 Å². The number of carbonyl (C=O) groups is 1. The number of hydrogen-bond donors (Lipinski definition) is 1. The van der Waals surface area contributed by atoms with E-state index in [-0.39, 0.29) is 5.56 Å². The van der Waals surface area contributed by atoms with Gasteiger partial charge in [-0.1, -0.05) is 72.8 Å². The molecule has 0 aromatic heterocycles. The minimum Gasteiger partial charge on any atom is -0.488 e. The molecule has 0 fully saturated rings. The summed E-state index contributed by atoms with van der Waals surface area (Å²) in [6, 6.07) is 28.4. The molecule has 144 valence electrons. The fraction of sp³-hybridized carbons (Fsp3) is 0.0800. The van der Waals surface area contributed by atoms with Gasteiger partial charge in [-0.05, 0) is 29.3 Å². The highest BCUT2D eigenvalue weighted by atomic mass is 16.5. The molecule has 0 radical (unpaired) electrons. The zero-order valence-electron chi connectivity index (χ0n) is 15.7. The topological polar surface area (TPSA) is 55.8 Å². The lowest BCUT2D eigenvalue weighted by Crippen LogP contribution is -2.03. The van der Waals surface area contributed by atoms with Crippen LogP contribution in [0.3, 0.4) is 0 Å². The second-order valence-electron chi connectivity index (χ2n) is 6.64. The smallest absolute Gasteiger partial charge is 0.336 e. The third-order valence-electron chi connectivity index (χ3n) is 4.67. The van der Waals surface area contributed by atoms with Gasteiger partial charge in [-0.2, -0.15) is 0 Å². The lowest BCUT2D eigenvalue weighted by molar-refractivity contribution is 0.0698. The van der Waals surface area contributed by atoms with Crippen molar-refractivity contribution in [3.8, 4) is 11.5 Å². The van der Waals surface area contributed by atoms with Crippen LogP contribution < -0.4 is 9.47 Å². The number of rotatable bonds is 7. The second-order valence-corrected chi connectivity index (χ2v) is 6.64. The number of benzene rings is 4. The van der Waals surface area contributed by atoms with Crippen LogP contribution in [0, 0.1) is 0 Å². The van der Waals surface area contributed by atoms with Crippen molar-refractivity contribution in [2.24, 2.45) is 0 Å². The van der Waals surface area contributed by atoms with Crippen LogP contribution in [0.15, 0.2) is 91.0 Å². The molecule has 0 saturated carbocycles. The minimum atomic E-state index is -1.000. The maximum atomic E-state index is 11.8. The highest BCUT2D eigenvalue weighted by Crippen LogP contribution is 2.36. The molecule has 4 nitrogen and oxygen atoms in total. The first kappa shape index (κ1) is 18.6. The van der Waals surface area contributed by atoms with Gasteiger partial charge in [-0.15, -0.1) is 0 Å². The molecular formula is C25H20O4. The van der Waals surface area contributed by atoms with E-state index < -0.39 is 5.97 Å². The van der Waals surface area contributed by atoms with Gasteiger partial charge in [0.25, 0.3) is 0 Å². The molecule has 0 unspecified atom stereocenters. The van der Waals surface area contributed by atoms with Crippen molar-refractivity contribution in [1.29, 1.82) is 0 Å². The predicted molar refractivity (Wildman–Crippen MR) is 112 cm³/mol. The molecule has 0 spiro atoms. The monoisotopic (exact) mass is 384 g/mol. The van der Waals surface area contributed by atoms with E-state index >= 15 is 0 Å². The standard InChI is InChI=1S/C25H20O4/c26-25(27)21-14-15-22(28-16-18-8-3-1-4-9-18)20-12-7-13-23(24(20)21)29-17-19-10-5-2-6-11-19/h1-15H,16-17H2,(H,26,27). The van der Waals surface area contributed by atoms with Gasteiger partial charge in [0.05, 0.1) is 5.56 Å². The Morgan fingerprint density at radius 3 is 1.83 bits per heavy atom. The average molecular weight is 384 g/mol. The number of aromatic carboxylic acids is 1. The van der Waals surface area contributed by atoms with Gasteiger partial charge in [0.2, 0.25) is 0 Å². The summed E-state index contributed by atoms with van der Waals surface area (Å²) >= 11 is 0. The van der Waals surface area contributed by atoms with E-state index in [1.54, 1.807) is 18.2 Å². The Morgan fingerprint density at radius 2 is 1.24 bits per heavy atom. The molecule has 0 aliphatic heterocycles. The molecule has 0 bridgehead atoms. The van der Waals surface area contributed by atoms with Gasteiger partial charge in [-0.25, -0.2) is 4.79 Å². The number of carboxylic acid groups (broad SMARTS) is 1. The Balaban J connectivity index is 1.69. The van der Waals surface area contributed by atoms with Crippen LogP contribution in [0.2, 0.25) is 0 Å². The van der Waals surface area contributed by atoms with Gasteiger partial charge in [0, 0.05) is 10.8 Å². The van der Waals surface area contributed by atoms with Crippen molar-refractivity contribution in [3.63, 3.8) is 0 Å². The first-order valence-electron chi connectivity index (χ1n) is 9.35. The van der Waals surface area contributed by atoms with E-state index in [0.717, 1.165) is 11.1 Å². The van der Waals surface area contributed by atoms with Crippen LogP contribution in [0.5, 0.6) is 11.5 Å². The summed E-state index contributed by atoms with van der Waals surface area (Å²) in [7, 11) is 0.